The van der Waals surface area contributed by atoms with Gasteiger partial charge >= 0.3 is 201 Å². The quantitative estimate of drug-likeness (QED) is 0.186. The molecule has 0 saturated heterocycles. The van der Waals surface area contributed by atoms with Crippen LogP contribution in [0.3, 0.4) is 0 Å². The fourth-order valence-corrected chi connectivity index (χ4v) is 6.66. The first kappa shape index (κ1) is 25.1. The molecule has 0 atom stereocenters. The first-order valence-corrected chi connectivity index (χ1v) is 14.2. The van der Waals surface area contributed by atoms with Crippen LogP contribution in [0.15, 0.2) is 72.8 Å². The summed E-state index contributed by atoms with van der Waals surface area (Å²) in [4.78, 5) is 0. The van der Waals surface area contributed by atoms with Gasteiger partial charge in [-0.05, 0) is 0 Å². The molecule has 0 fully saturated rings. The van der Waals surface area contributed by atoms with Gasteiger partial charge in [0.1, 0.15) is 0 Å². The van der Waals surface area contributed by atoms with Gasteiger partial charge in [0.15, 0.2) is 0 Å². The van der Waals surface area contributed by atoms with Crippen LogP contribution in [0.4, 0.5) is 0 Å². The third-order valence-corrected chi connectivity index (χ3v) is 8.47. The van der Waals surface area contributed by atoms with Gasteiger partial charge in [-0.1, -0.05) is 0 Å². The zero-order chi connectivity index (χ0) is 23.5. The molecule has 33 heavy (non-hydrogen) atoms. The fraction of sp³-hybridized carbons (Fsp3) is 0.379. The fourth-order valence-electron chi connectivity index (χ4n) is 3.85. The van der Waals surface area contributed by atoms with E-state index in [0.717, 1.165) is 52.9 Å². The van der Waals surface area contributed by atoms with Crippen LogP contribution >= 0.6 is 7.94 Å². The van der Waals surface area contributed by atoms with E-state index < -0.39 is 7.94 Å². The topological polar surface area (TPSA) is 27.7 Å². The summed E-state index contributed by atoms with van der Waals surface area (Å²) < 4.78 is 20.3. The van der Waals surface area contributed by atoms with E-state index in [1.54, 1.807) is 0 Å². The molecular weight excluding hydrogens is 427 g/mol. The number of rotatable bonds is 13. The van der Waals surface area contributed by atoms with Crippen molar-refractivity contribution >= 4 is 7.94 Å². The Balaban J connectivity index is 1.95. The van der Waals surface area contributed by atoms with Crippen LogP contribution in [0, 0.1) is 20.8 Å². The Bertz CT molecular complexity index is 886. The SMILES string of the molecule is CCCCCCCC[PH](Oc1ccccc1C)(Oc1ccccc1C)Oc1ccccc1C. The molecule has 3 rings (SSSR count). The summed E-state index contributed by atoms with van der Waals surface area (Å²) in [7, 11) is -3.18. The van der Waals surface area contributed by atoms with Crippen molar-refractivity contribution in [2.75, 3.05) is 6.16 Å². The summed E-state index contributed by atoms with van der Waals surface area (Å²) in [5.74, 6) is 2.49. The van der Waals surface area contributed by atoms with Crippen LogP contribution in [0.1, 0.15) is 62.1 Å². The molecule has 4 heteroatoms. The van der Waals surface area contributed by atoms with E-state index in [0.29, 0.717) is 0 Å². The van der Waals surface area contributed by atoms with Crippen LogP contribution in [-0.4, -0.2) is 6.16 Å². The Kier molecular flexibility index (Phi) is 9.63. The minimum atomic E-state index is -3.18. The molecular formula is C29H39O3P. The Morgan fingerprint density at radius 1 is 0.515 bits per heavy atom. The molecule has 0 aliphatic rings. The average Bonchev–Trinajstić information content (AvgIpc) is 2.81. The Hall–Kier alpha value is -2.51. The van der Waals surface area contributed by atoms with Crippen molar-refractivity contribution in [3.63, 3.8) is 0 Å². The molecule has 3 aromatic carbocycles. The van der Waals surface area contributed by atoms with Gasteiger partial charge in [-0.25, -0.2) is 0 Å². The van der Waals surface area contributed by atoms with Crippen LogP contribution < -0.4 is 13.6 Å². The molecule has 0 aliphatic heterocycles. The second-order valence-electron chi connectivity index (χ2n) is 8.80. The van der Waals surface area contributed by atoms with E-state index >= 15 is 0 Å². The van der Waals surface area contributed by atoms with Gasteiger partial charge in [-0.2, -0.15) is 0 Å². The first-order chi connectivity index (χ1) is 16.0. The number of benzene rings is 3. The van der Waals surface area contributed by atoms with E-state index in [-0.39, 0.29) is 0 Å². The summed E-state index contributed by atoms with van der Waals surface area (Å²) in [5.41, 5.74) is 3.25. The van der Waals surface area contributed by atoms with Gasteiger partial charge in [0, 0.05) is 0 Å². The van der Waals surface area contributed by atoms with Crippen molar-refractivity contribution in [3.05, 3.63) is 89.5 Å². The van der Waals surface area contributed by atoms with Crippen molar-refractivity contribution in [2.45, 2.75) is 66.2 Å². The van der Waals surface area contributed by atoms with Gasteiger partial charge < -0.3 is 0 Å². The zero-order valence-electron chi connectivity index (χ0n) is 20.6. The molecule has 178 valence electrons. The van der Waals surface area contributed by atoms with E-state index in [9.17, 15) is 0 Å². The molecule has 0 spiro atoms. The van der Waals surface area contributed by atoms with Crippen molar-refractivity contribution in [3.8, 4) is 17.2 Å². The standard InChI is InChI=1S/C29H39O3P/c1-5-6-7-8-9-16-23-33(30-27-20-13-10-17-24(27)2,31-28-21-14-11-18-25(28)3)32-29-22-15-12-19-26(29)4/h10-15,17-22,33H,5-9,16,23H2,1-4H3. The number of hydrogen-bond acceptors (Lipinski definition) is 3. The van der Waals surface area contributed by atoms with E-state index in [2.05, 4.69) is 45.9 Å². The molecule has 0 heterocycles. The maximum atomic E-state index is 6.77. The summed E-state index contributed by atoms with van der Waals surface area (Å²) in [6, 6.07) is 24.4. The van der Waals surface area contributed by atoms with Crippen molar-refractivity contribution < 1.29 is 13.6 Å². The molecule has 0 saturated carbocycles. The number of para-hydroxylation sites is 3. The molecule has 0 N–H and O–H groups in total. The van der Waals surface area contributed by atoms with Gasteiger partial charge in [-0.15, -0.1) is 0 Å². The van der Waals surface area contributed by atoms with Crippen LogP contribution in [0.25, 0.3) is 0 Å². The number of unbranched alkanes of at least 4 members (excludes halogenated alkanes) is 5. The average molecular weight is 467 g/mol. The zero-order valence-corrected chi connectivity index (χ0v) is 21.6. The summed E-state index contributed by atoms with van der Waals surface area (Å²) in [6.45, 7) is 8.46. The number of aryl methyl sites for hydroxylation is 3. The third-order valence-electron chi connectivity index (χ3n) is 5.91. The second-order valence-corrected chi connectivity index (χ2v) is 11.3. The molecule has 0 aliphatic carbocycles. The van der Waals surface area contributed by atoms with Gasteiger partial charge in [-0.3, -0.25) is 0 Å². The van der Waals surface area contributed by atoms with Gasteiger partial charge in [0.2, 0.25) is 0 Å². The Morgan fingerprint density at radius 3 is 1.27 bits per heavy atom. The van der Waals surface area contributed by atoms with Gasteiger partial charge in [0.05, 0.1) is 0 Å². The molecule has 0 unspecified atom stereocenters. The third kappa shape index (κ3) is 7.51. The normalized spacial score (nSPS) is 11.8. The van der Waals surface area contributed by atoms with Crippen LogP contribution in [0.5, 0.6) is 17.2 Å². The van der Waals surface area contributed by atoms with E-state index in [1.807, 2.05) is 54.6 Å². The molecule has 0 bridgehead atoms. The van der Waals surface area contributed by atoms with E-state index in [1.165, 1.54) is 25.7 Å². The summed E-state index contributed by atoms with van der Waals surface area (Å²) in [6.07, 6.45) is 7.98. The summed E-state index contributed by atoms with van der Waals surface area (Å²) in [5, 5.41) is 0. The van der Waals surface area contributed by atoms with Crippen LogP contribution in [0.2, 0.25) is 0 Å². The summed E-state index contributed by atoms with van der Waals surface area (Å²) >= 11 is 0. The molecule has 0 radical (unpaired) electrons. The molecule has 0 aromatic heterocycles. The second kappa shape index (κ2) is 12.7. The molecule has 0 amide bonds. The molecule has 3 nitrogen and oxygen atoms in total. The van der Waals surface area contributed by atoms with Crippen molar-refractivity contribution in [2.24, 2.45) is 0 Å². The minimum absolute atomic E-state index is 0.760. The van der Waals surface area contributed by atoms with Crippen LogP contribution in [-0.2, 0) is 0 Å². The monoisotopic (exact) mass is 466 g/mol. The Morgan fingerprint density at radius 2 is 0.879 bits per heavy atom. The predicted molar refractivity (Wildman–Crippen MR) is 142 cm³/mol. The predicted octanol–water partition coefficient (Wildman–Crippen LogP) is 9.00. The Labute approximate surface area is 200 Å². The van der Waals surface area contributed by atoms with E-state index in [4.69, 9.17) is 13.6 Å². The van der Waals surface area contributed by atoms with Crippen molar-refractivity contribution in [1.82, 2.24) is 0 Å². The van der Waals surface area contributed by atoms with Crippen molar-refractivity contribution in [1.29, 1.82) is 0 Å². The van der Waals surface area contributed by atoms with Gasteiger partial charge in [0.25, 0.3) is 0 Å². The molecule has 3 aromatic rings. The first-order valence-electron chi connectivity index (χ1n) is 12.3. The number of hydrogen-bond donors (Lipinski definition) is 0. The maximum absolute atomic E-state index is 6.77.